The van der Waals surface area contributed by atoms with Crippen molar-refractivity contribution in [3.63, 3.8) is 0 Å². The van der Waals surface area contributed by atoms with Gasteiger partial charge in [-0.25, -0.2) is 9.97 Å². The summed E-state index contributed by atoms with van der Waals surface area (Å²) in [4.78, 5) is 35.5. The summed E-state index contributed by atoms with van der Waals surface area (Å²) in [5, 5.41) is 16.5. The predicted octanol–water partition coefficient (Wildman–Crippen LogP) is 3.34. The van der Waals surface area contributed by atoms with Crippen molar-refractivity contribution in [1.29, 1.82) is 0 Å². The van der Waals surface area contributed by atoms with Crippen LogP contribution in [0.15, 0.2) is 54.9 Å². The molecule has 2 heterocycles. The Hall–Kier alpha value is -3.76. The second-order valence-corrected chi connectivity index (χ2v) is 9.32. The fraction of sp³-hybridized carbons (Fsp3) is 0.320. The average Bonchev–Trinajstić information content (AvgIpc) is 3.53. The number of aromatic amines is 1. The summed E-state index contributed by atoms with van der Waals surface area (Å²) in [7, 11) is 3.86. The summed E-state index contributed by atoms with van der Waals surface area (Å²) in [5.41, 5.74) is 2.47. The highest BCUT2D eigenvalue weighted by Gasteiger charge is 2.27. The zero-order valence-corrected chi connectivity index (χ0v) is 20.9. The van der Waals surface area contributed by atoms with Crippen LogP contribution in [0.4, 0.5) is 11.6 Å². The number of benzene rings is 1. The van der Waals surface area contributed by atoms with E-state index in [0.717, 1.165) is 19.3 Å². The van der Waals surface area contributed by atoms with E-state index in [1.54, 1.807) is 48.8 Å². The SMILES string of the molecule is CN(C)C/C=C/C(=O)Nc1ccc(C(=O)N[C@@H]2CCC(Nc3ncc(Cl)c(-c4ccn[nH]4)n3)C2)cc1. The highest BCUT2D eigenvalue weighted by atomic mass is 35.5. The lowest BCUT2D eigenvalue weighted by molar-refractivity contribution is -0.111. The maximum absolute atomic E-state index is 12.7. The van der Waals surface area contributed by atoms with Crippen molar-refractivity contribution in [3.8, 4) is 11.4 Å². The van der Waals surface area contributed by atoms with Crippen LogP contribution in [0.5, 0.6) is 0 Å². The van der Waals surface area contributed by atoms with Crippen LogP contribution >= 0.6 is 11.6 Å². The smallest absolute Gasteiger partial charge is 0.251 e. The maximum atomic E-state index is 12.7. The van der Waals surface area contributed by atoms with Crippen molar-refractivity contribution in [3.05, 3.63) is 65.5 Å². The van der Waals surface area contributed by atoms with Gasteiger partial charge in [0, 0.05) is 42.2 Å². The van der Waals surface area contributed by atoms with Gasteiger partial charge in [-0.1, -0.05) is 17.7 Å². The summed E-state index contributed by atoms with van der Waals surface area (Å²) >= 11 is 6.23. The molecule has 188 valence electrons. The number of hydrogen-bond acceptors (Lipinski definition) is 7. The maximum Gasteiger partial charge on any atom is 0.251 e. The normalized spacial score (nSPS) is 17.4. The topological polar surface area (TPSA) is 128 Å². The third-order valence-corrected chi connectivity index (χ3v) is 6.03. The second kappa shape index (κ2) is 11.8. The van der Waals surface area contributed by atoms with E-state index < -0.39 is 0 Å². The van der Waals surface area contributed by atoms with Gasteiger partial charge in [0.15, 0.2) is 0 Å². The molecule has 0 spiro atoms. The Labute approximate surface area is 214 Å². The molecule has 1 unspecified atom stereocenters. The van der Waals surface area contributed by atoms with Gasteiger partial charge in [-0.3, -0.25) is 14.7 Å². The summed E-state index contributed by atoms with van der Waals surface area (Å²) < 4.78 is 0. The number of aromatic nitrogens is 4. The molecule has 0 bridgehead atoms. The van der Waals surface area contributed by atoms with Gasteiger partial charge in [0.05, 0.1) is 16.9 Å². The minimum atomic E-state index is -0.208. The number of H-pyrrole nitrogens is 1. The van der Waals surface area contributed by atoms with Crippen molar-refractivity contribution in [2.45, 2.75) is 31.3 Å². The fourth-order valence-corrected chi connectivity index (χ4v) is 4.16. The third kappa shape index (κ3) is 6.89. The van der Waals surface area contributed by atoms with Crippen LogP contribution < -0.4 is 16.0 Å². The molecule has 11 heteroatoms. The summed E-state index contributed by atoms with van der Waals surface area (Å²) in [6.45, 7) is 0.684. The van der Waals surface area contributed by atoms with E-state index in [-0.39, 0.29) is 23.9 Å². The van der Waals surface area contributed by atoms with Gasteiger partial charge in [-0.2, -0.15) is 5.10 Å². The Morgan fingerprint density at radius 2 is 1.94 bits per heavy atom. The Morgan fingerprint density at radius 1 is 1.17 bits per heavy atom. The minimum Gasteiger partial charge on any atom is -0.351 e. The summed E-state index contributed by atoms with van der Waals surface area (Å²) in [6.07, 6.45) is 8.97. The molecule has 1 aliphatic rings. The second-order valence-electron chi connectivity index (χ2n) is 8.92. The zero-order chi connectivity index (χ0) is 25.5. The largest absolute Gasteiger partial charge is 0.351 e. The first kappa shape index (κ1) is 25.3. The first-order valence-electron chi connectivity index (χ1n) is 11.7. The molecule has 1 aromatic carbocycles. The molecular weight excluding hydrogens is 480 g/mol. The Morgan fingerprint density at radius 3 is 2.67 bits per heavy atom. The molecule has 1 aliphatic carbocycles. The van der Waals surface area contributed by atoms with Crippen LogP contribution in [0.2, 0.25) is 5.02 Å². The van der Waals surface area contributed by atoms with Gasteiger partial charge in [0.2, 0.25) is 11.9 Å². The first-order chi connectivity index (χ1) is 17.4. The molecule has 0 saturated heterocycles. The molecule has 0 aliphatic heterocycles. The average molecular weight is 509 g/mol. The van der Waals surface area contributed by atoms with Gasteiger partial charge >= 0.3 is 0 Å². The van der Waals surface area contributed by atoms with Gasteiger partial charge in [-0.15, -0.1) is 0 Å². The number of likely N-dealkylation sites (N-methyl/N-ethyl adjacent to an activating group) is 1. The first-order valence-corrected chi connectivity index (χ1v) is 12.1. The number of nitrogens with zero attached hydrogens (tertiary/aromatic N) is 4. The highest BCUT2D eigenvalue weighted by Crippen LogP contribution is 2.26. The number of carbonyl (C=O) groups is 2. The molecule has 3 aromatic rings. The van der Waals surface area contributed by atoms with E-state index in [9.17, 15) is 9.59 Å². The van der Waals surface area contributed by atoms with E-state index in [4.69, 9.17) is 11.6 Å². The number of amides is 2. The van der Waals surface area contributed by atoms with Crippen molar-refractivity contribution >= 4 is 35.1 Å². The van der Waals surface area contributed by atoms with E-state index in [1.165, 1.54) is 6.08 Å². The third-order valence-electron chi connectivity index (χ3n) is 5.76. The molecule has 1 fully saturated rings. The molecule has 2 aromatic heterocycles. The molecule has 36 heavy (non-hydrogen) atoms. The minimum absolute atomic E-state index is 0.0376. The number of halogens is 1. The van der Waals surface area contributed by atoms with Crippen LogP contribution in [0, 0.1) is 0 Å². The number of anilines is 2. The van der Waals surface area contributed by atoms with Crippen molar-refractivity contribution in [2.24, 2.45) is 0 Å². The fourth-order valence-electron chi connectivity index (χ4n) is 3.97. The van der Waals surface area contributed by atoms with E-state index in [0.29, 0.717) is 40.2 Å². The Kier molecular flexibility index (Phi) is 8.29. The lowest BCUT2D eigenvalue weighted by Gasteiger charge is -2.15. The number of hydrogen-bond donors (Lipinski definition) is 4. The van der Waals surface area contributed by atoms with Crippen molar-refractivity contribution in [2.75, 3.05) is 31.3 Å². The Bertz CT molecular complexity index is 1210. The molecular formula is C25H29ClN8O2. The molecule has 4 rings (SSSR count). The molecule has 1 saturated carbocycles. The van der Waals surface area contributed by atoms with Crippen LogP contribution in [0.3, 0.4) is 0 Å². The van der Waals surface area contributed by atoms with Crippen molar-refractivity contribution < 1.29 is 9.59 Å². The lowest BCUT2D eigenvalue weighted by atomic mass is 10.1. The Balaban J connectivity index is 1.27. The molecule has 2 amide bonds. The van der Waals surface area contributed by atoms with Crippen LogP contribution in [-0.2, 0) is 4.79 Å². The van der Waals surface area contributed by atoms with Crippen molar-refractivity contribution in [1.82, 2.24) is 30.4 Å². The van der Waals surface area contributed by atoms with Gasteiger partial charge in [-0.05, 0) is 63.7 Å². The number of rotatable bonds is 9. The van der Waals surface area contributed by atoms with Gasteiger partial charge < -0.3 is 20.9 Å². The lowest BCUT2D eigenvalue weighted by Crippen LogP contribution is -2.34. The van der Waals surface area contributed by atoms with Crippen LogP contribution in [0.25, 0.3) is 11.4 Å². The van der Waals surface area contributed by atoms with Gasteiger partial charge in [0.1, 0.15) is 5.69 Å². The van der Waals surface area contributed by atoms with E-state index in [1.807, 2.05) is 19.0 Å². The number of carbonyl (C=O) groups excluding carboxylic acids is 2. The zero-order valence-electron chi connectivity index (χ0n) is 20.2. The predicted molar refractivity (Wildman–Crippen MR) is 140 cm³/mol. The summed E-state index contributed by atoms with van der Waals surface area (Å²) in [5.74, 6) is 0.128. The van der Waals surface area contributed by atoms with E-state index >= 15 is 0 Å². The molecule has 4 N–H and O–H groups in total. The number of nitrogens with one attached hydrogen (secondary N) is 4. The summed E-state index contributed by atoms with van der Waals surface area (Å²) in [6, 6.07) is 8.82. The van der Waals surface area contributed by atoms with Crippen LogP contribution in [-0.4, -0.2) is 69.6 Å². The quantitative estimate of drug-likeness (QED) is 0.326. The monoisotopic (exact) mass is 508 g/mol. The standard InChI is InChI=1S/C25H29ClN8O2/c1-34(2)13-3-4-22(35)29-17-7-5-16(6-8-17)24(36)30-18-9-10-19(14-18)31-25-27-15-20(26)23(32-25)21-11-12-28-33-21/h3-8,11-12,15,18-19H,9-10,13-14H2,1-2H3,(H,28,33)(H,29,35)(H,30,36)(H,27,31,32)/b4-3+/t18-,19?/m1/s1. The highest BCUT2D eigenvalue weighted by molar-refractivity contribution is 6.32. The van der Waals surface area contributed by atoms with Gasteiger partial charge in [0.25, 0.3) is 5.91 Å². The molecule has 10 nitrogen and oxygen atoms in total. The molecule has 0 radical (unpaired) electrons. The van der Waals surface area contributed by atoms with E-state index in [2.05, 4.69) is 36.1 Å². The van der Waals surface area contributed by atoms with Crippen LogP contribution in [0.1, 0.15) is 29.6 Å². The molecule has 2 atom stereocenters.